The molecule has 3 nitrogen and oxygen atoms in total. The molecule has 0 radical (unpaired) electrons. The fraction of sp³-hybridized carbons (Fsp3) is 0.0952. The van der Waals surface area contributed by atoms with Crippen LogP contribution in [0.3, 0.4) is 0 Å². The number of aromatic nitrogens is 2. The number of rotatable bonds is 3. The summed E-state index contributed by atoms with van der Waals surface area (Å²) in [7, 11) is 0. The number of fused-ring (bicyclic) bond motifs is 9. The van der Waals surface area contributed by atoms with Gasteiger partial charge >= 0.3 is 0 Å². The second kappa shape index (κ2) is 10.0. The van der Waals surface area contributed by atoms with Crippen LogP contribution in [0.15, 0.2) is 140 Å². The number of aryl methyl sites for hydroxylation is 2. The van der Waals surface area contributed by atoms with Crippen molar-refractivity contribution in [1.82, 2.24) is 9.97 Å². The van der Waals surface area contributed by atoms with Gasteiger partial charge in [0, 0.05) is 33.6 Å². The molecule has 0 amide bonds. The Morgan fingerprint density at radius 2 is 1.24 bits per heavy atom. The summed E-state index contributed by atoms with van der Waals surface area (Å²) < 4.78 is 0. The van der Waals surface area contributed by atoms with Gasteiger partial charge in [-0.3, -0.25) is 4.98 Å². The fourth-order valence-corrected chi connectivity index (χ4v) is 7.33. The number of hydrogen-bond donors (Lipinski definition) is 0. The molecule has 1 aliphatic carbocycles. The zero-order valence-electron chi connectivity index (χ0n) is 25.3. The van der Waals surface area contributed by atoms with Crippen molar-refractivity contribution in [1.29, 1.82) is 0 Å². The third-order valence-electron chi connectivity index (χ3n) is 9.52. The summed E-state index contributed by atoms with van der Waals surface area (Å²) in [5, 5.41) is 4.76. The van der Waals surface area contributed by atoms with Gasteiger partial charge in [-0.1, -0.05) is 120 Å². The van der Waals surface area contributed by atoms with Gasteiger partial charge in [0.05, 0.1) is 29.0 Å². The molecule has 2 heterocycles. The quantitative estimate of drug-likeness (QED) is 0.196. The Hall–Kier alpha value is -5.54. The molecule has 6 aromatic carbocycles. The van der Waals surface area contributed by atoms with Crippen LogP contribution >= 0.6 is 0 Å². The highest BCUT2D eigenvalue weighted by molar-refractivity contribution is 6.23. The van der Waals surface area contributed by atoms with E-state index in [1.54, 1.807) is 0 Å². The molecule has 1 aromatic heterocycles. The van der Waals surface area contributed by atoms with Gasteiger partial charge in [-0.05, 0) is 65.6 Å². The molecular weight excluding hydrogens is 546 g/mol. The molecule has 0 bridgehead atoms. The summed E-state index contributed by atoms with van der Waals surface area (Å²) in [5.74, 6) is 0.330. The number of nitrogens with zero attached hydrogens (tertiary/aromatic N) is 3. The highest BCUT2D eigenvalue weighted by atomic mass is 15.2. The lowest BCUT2D eigenvalue weighted by molar-refractivity contribution is 0.745. The van der Waals surface area contributed by atoms with Gasteiger partial charge in [0.1, 0.15) is 0 Å². The average molecular weight is 578 g/mol. The largest absolute Gasteiger partial charge is 0.333 e. The number of para-hydroxylation sites is 1. The van der Waals surface area contributed by atoms with Crippen LogP contribution < -0.4 is 4.90 Å². The van der Waals surface area contributed by atoms with Crippen molar-refractivity contribution in [3.05, 3.63) is 156 Å². The summed E-state index contributed by atoms with van der Waals surface area (Å²) in [6.45, 7) is 4.30. The standard InChI is InChI=1S/C42H31N3/c1-26-12-19-33-35(22-26)36-23-27(2)13-20-34(36)42-41(33)43-25-38(44-42)29-16-14-28(15-17-29)30-18-21-40-37(24-30)32-10-6-7-11-39(32)45(40)31-8-4-3-5-9-31/h3-25,32,39H,1-2H3. The van der Waals surface area contributed by atoms with Gasteiger partial charge in [0.2, 0.25) is 0 Å². The SMILES string of the molecule is Cc1ccc2c(c1)c1cc(C)ccc1c1nc(-c3ccc(-c4ccc5c(c4)C4C=CC=CC4N5c4ccccc4)cc3)cnc21. The molecule has 7 aromatic rings. The average Bonchev–Trinajstić information content (AvgIpc) is 3.42. The zero-order chi connectivity index (χ0) is 30.1. The molecule has 0 spiro atoms. The van der Waals surface area contributed by atoms with Crippen molar-refractivity contribution in [3.63, 3.8) is 0 Å². The molecule has 3 heteroatoms. The van der Waals surface area contributed by atoms with Crippen molar-refractivity contribution >= 4 is 44.0 Å². The lowest BCUT2D eigenvalue weighted by atomic mass is 9.89. The third-order valence-corrected chi connectivity index (χ3v) is 9.52. The van der Waals surface area contributed by atoms with E-state index < -0.39 is 0 Å². The van der Waals surface area contributed by atoms with E-state index in [0.29, 0.717) is 5.92 Å². The van der Waals surface area contributed by atoms with Crippen molar-refractivity contribution in [3.8, 4) is 22.4 Å². The molecule has 45 heavy (non-hydrogen) atoms. The minimum Gasteiger partial charge on any atom is -0.333 e. The second-order valence-electron chi connectivity index (χ2n) is 12.4. The minimum atomic E-state index is 0.289. The second-order valence-corrected chi connectivity index (χ2v) is 12.4. The van der Waals surface area contributed by atoms with Gasteiger partial charge < -0.3 is 4.90 Å². The zero-order valence-corrected chi connectivity index (χ0v) is 25.3. The molecule has 2 aliphatic rings. The molecule has 0 saturated heterocycles. The minimum absolute atomic E-state index is 0.289. The normalized spacial score (nSPS) is 16.9. The van der Waals surface area contributed by atoms with E-state index in [4.69, 9.17) is 9.97 Å². The first kappa shape index (κ1) is 25.9. The molecule has 9 rings (SSSR count). The molecule has 2 atom stereocenters. The maximum absolute atomic E-state index is 5.23. The van der Waals surface area contributed by atoms with E-state index in [1.807, 2.05) is 6.20 Å². The monoisotopic (exact) mass is 577 g/mol. The summed E-state index contributed by atoms with van der Waals surface area (Å²) >= 11 is 0. The lowest BCUT2D eigenvalue weighted by Crippen LogP contribution is -2.28. The van der Waals surface area contributed by atoms with Crippen LogP contribution in [0.25, 0.3) is 55.0 Å². The molecular formula is C42H31N3. The van der Waals surface area contributed by atoms with Gasteiger partial charge in [0.15, 0.2) is 0 Å². The number of allylic oxidation sites excluding steroid dienone is 2. The van der Waals surface area contributed by atoms with Gasteiger partial charge in [-0.15, -0.1) is 0 Å². The number of benzene rings is 6. The highest BCUT2D eigenvalue weighted by Crippen LogP contribution is 2.48. The summed E-state index contributed by atoms with van der Waals surface area (Å²) in [4.78, 5) is 12.7. The summed E-state index contributed by atoms with van der Waals surface area (Å²) in [6, 6.07) is 40.0. The van der Waals surface area contributed by atoms with Crippen LogP contribution in [0.1, 0.15) is 22.6 Å². The smallest absolute Gasteiger partial charge is 0.0979 e. The summed E-state index contributed by atoms with van der Waals surface area (Å²) in [6.07, 6.45) is 10.9. The maximum Gasteiger partial charge on any atom is 0.0979 e. The van der Waals surface area contributed by atoms with Gasteiger partial charge in [-0.25, -0.2) is 4.98 Å². The van der Waals surface area contributed by atoms with Gasteiger partial charge in [-0.2, -0.15) is 0 Å². The van der Waals surface area contributed by atoms with E-state index in [0.717, 1.165) is 33.1 Å². The van der Waals surface area contributed by atoms with E-state index in [-0.39, 0.29) is 6.04 Å². The van der Waals surface area contributed by atoms with Crippen LogP contribution in [0.4, 0.5) is 11.4 Å². The van der Waals surface area contributed by atoms with E-state index in [9.17, 15) is 0 Å². The van der Waals surface area contributed by atoms with E-state index >= 15 is 0 Å². The predicted molar refractivity (Wildman–Crippen MR) is 188 cm³/mol. The Bertz CT molecular complexity index is 2350. The van der Waals surface area contributed by atoms with Crippen LogP contribution in [0.5, 0.6) is 0 Å². The Morgan fingerprint density at radius 1 is 0.578 bits per heavy atom. The van der Waals surface area contributed by atoms with Crippen LogP contribution in [-0.4, -0.2) is 16.0 Å². The first-order valence-corrected chi connectivity index (χ1v) is 15.7. The first-order chi connectivity index (χ1) is 22.1. The molecule has 0 saturated carbocycles. The van der Waals surface area contributed by atoms with Crippen LogP contribution in [-0.2, 0) is 0 Å². The molecule has 0 fully saturated rings. The van der Waals surface area contributed by atoms with E-state index in [1.165, 1.54) is 50.0 Å². The summed E-state index contributed by atoms with van der Waals surface area (Å²) in [5.41, 5.74) is 12.7. The van der Waals surface area contributed by atoms with Crippen molar-refractivity contribution in [2.24, 2.45) is 0 Å². The van der Waals surface area contributed by atoms with Gasteiger partial charge in [0.25, 0.3) is 0 Å². The first-order valence-electron chi connectivity index (χ1n) is 15.7. The number of hydrogen-bond acceptors (Lipinski definition) is 3. The molecule has 214 valence electrons. The highest BCUT2D eigenvalue weighted by Gasteiger charge is 2.37. The Labute approximate surface area is 262 Å². The molecule has 2 unspecified atom stereocenters. The topological polar surface area (TPSA) is 29.0 Å². The van der Waals surface area contributed by atoms with Crippen LogP contribution in [0, 0.1) is 13.8 Å². The lowest BCUT2D eigenvalue weighted by Gasteiger charge is -2.28. The molecule has 0 N–H and O–H groups in total. The Kier molecular flexibility index (Phi) is 5.76. The third kappa shape index (κ3) is 4.12. The number of anilines is 2. The molecule has 1 aliphatic heterocycles. The van der Waals surface area contributed by atoms with Crippen molar-refractivity contribution < 1.29 is 0 Å². The Balaban J connectivity index is 1.11. The van der Waals surface area contributed by atoms with E-state index in [2.05, 4.69) is 152 Å². The van der Waals surface area contributed by atoms with Crippen molar-refractivity contribution in [2.75, 3.05) is 4.90 Å². The van der Waals surface area contributed by atoms with Crippen molar-refractivity contribution in [2.45, 2.75) is 25.8 Å². The Morgan fingerprint density at radius 3 is 2.00 bits per heavy atom. The fourth-order valence-electron chi connectivity index (χ4n) is 7.33. The maximum atomic E-state index is 5.23. The van der Waals surface area contributed by atoms with Crippen LogP contribution in [0.2, 0.25) is 0 Å². The predicted octanol–water partition coefficient (Wildman–Crippen LogP) is 10.6.